The molecule has 0 bridgehead atoms. The number of aromatic nitrogens is 2. The highest BCUT2D eigenvalue weighted by Crippen LogP contribution is 2.15. The number of amides is 1. The van der Waals surface area contributed by atoms with Crippen LogP contribution >= 0.6 is 11.5 Å². The van der Waals surface area contributed by atoms with Crippen LogP contribution in [-0.2, 0) is 11.2 Å². The maximum Gasteiger partial charge on any atom is 0.305 e. The maximum atomic E-state index is 12.2. The van der Waals surface area contributed by atoms with Gasteiger partial charge in [-0.25, -0.2) is 0 Å². The molecule has 0 saturated carbocycles. The molecule has 1 rings (SSSR count). The van der Waals surface area contributed by atoms with Gasteiger partial charge in [0.15, 0.2) is 0 Å². The molecular weight excluding hydrogens is 254 g/mol. The molecule has 0 aliphatic carbocycles. The number of carboxylic acids is 1. The highest BCUT2D eigenvalue weighted by molar-refractivity contribution is 7.08. The van der Waals surface area contributed by atoms with Gasteiger partial charge in [-0.3, -0.25) is 9.59 Å². The van der Waals surface area contributed by atoms with Crippen molar-refractivity contribution in [2.24, 2.45) is 0 Å². The standard InChI is InChI=1S/C11H17N3O3S/c1-3-5-8-10(18-13-12-8)11(17)14(4-2)7-6-9(15)16/h3-7H2,1-2H3,(H,15,16). The van der Waals surface area contributed by atoms with Gasteiger partial charge in [0.2, 0.25) is 0 Å². The molecule has 1 amide bonds. The van der Waals surface area contributed by atoms with E-state index in [9.17, 15) is 9.59 Å². The summed E-state index contributed by atoms with van der Waals surface area (Å²) in [4.78, 5) is 24.8. The summed E-state index contributed by atoms with van der Waals surface area (Å²) < 4.78 is 3.80. The number of nitrogens with zero attached hydrogens (tertiary/aromatic N) is 3. The second-order valence-electron chi connectivity index (χ2n) is 3.83. The molecule has 18 heavy (non-hydrogen) atoms. The Morgan fingerprint density at radius 1 is 1.39 bits per heavy atom. The molecule has 0 unspecified atom stereocenters. The molecule has 6 nitrogen and oxygen atoms in total. The third-order valence-electron chi connectivity index (χ3n) is 2.50. The van der Waals surface area contributed by atoms with Crippen LogP contribution in [0.25, 0.3) is 0 Å². The quantitative estimate of drug-likeness (QED) is 0.811. The van der Waals surface area contributed by atoms with Gasteiger partial charge in [0, 0.05) is 13.1 Å². The Kier molecular flexibility index (Phi) is 5.70. The van der Waals surface area contributed by atoms with Gasteiger partial charge < -0.3 is 10.0 Å². The Bertz CT molecular complexity index is 419. The van der Waals surface area contributed by atoms with E-state index in [1.165, 1.54) is 4.90 Å². The van der Waals surface area contributed by atoms with E-state index < -0.39 is 5.97 Å². The number of carbonyl (C=O) groups excluding carboxylic acids is 1. The molecule has 1 aromatic heterocycles. The fraction of sp³-hybridized carbons (Fsp3) is 0.636. The first-order valence-corrected chi connectivity index (χ1v) is 6.69. The lowest BCUT2D eigenvalue weighted by atomic mass is 10.2. The highest BCUT2D eigenvalue weighted by atomic mass is 32.1. The first-order chi connectivity index (χ1) is 8.60. The molecule has 0 atom stereocenters. The van der Waals surface area contributed by atoms with Crippen LogP contribution in [-0.4, -0.2) is 44.6 Å². The Hall–Kier alpha value is -1.50. The molecule has 0 aromatic carbocycles. The summed E-state index contributed by atoms with van der Waals surface area (Å²) in [6, 6.07) is 0. The predicted molar refractivity (Wildman–Crippen MR) is 67.7 cm³/mol. The van der Waals surface area contributed by atoms with Gasteiger partial charge >= 0.3 is 5.97 Å². The van der Waals surface area contributed by atoms with E-state index in [0.29, 0.717) is 23.5 Å². The number of hydrogen-bond acceptors (Lipinski definition) is 5. The van der Waals surface area contributed by atoms with Crippen LogP contribution in [0.4, 0.5) is 0 Å². The largest absolute Gasteiger partial charge is 0.481 e. The molecular formula is C11H17N3O3S. The third kappa shape index (κ3) is 3.76. The topological polar surface area (TPSA) is 83.4 Å². The SMILES string of the molecule is CCCc1nnsc1C(=O)N(CC)CCC(=O)O. The van der Waals surface area contributed by atoms with Gasteiger partial charge in [-0.05, 0) is 24.9 Å². The molecule has 1 heterocycles. The Morgan fingerprint density at radius 2 is 2.11 bits per heavy atom. The molecule has 100 valence electrons. The van der Waals surface area contributed by atoms with Crippen molar-refractivity contribution >= 4 is 23.4 Å². The van der Waals surface area contributed by atoms with Gasteiger partial charge in [-0.1, -0.05) is 17.8 Å². The zero-order valence-electron chi connectivity index (χ0n) is 10.5. The van der Waals surface area contributed by atoms with E-state index in [-0.39, 0.29) is 18.9 Å². The smallest absolute Gasteiger partial charge is 0.305 e. The van der Waals surface area contributed by atoms with Crippen LogP contribution in [0.3, 0.4) is 0 Å². The van der Waals surface area contributed by atoms with Crippen LogP contribution in [0.2, 0.25) is 0 Å². The summed E-state index contributed by atoms with van der Waals surface area (Å²) in [7, 11) is 0. The monoisotopic (exact) mass is 271 g/mol. The highest BCUT2D eigenvalue weighted by Gasteiger charge is 2.21. The van der Waals surface area contributed by atoms with Crippen molar-refractivity contribution in [3.63, 3.8) is 0 Å². The van der Waals surface area contributed by atoms with Crippen molar-refractivity contribution < 1.29 is 14.7 Å². The van der Waals surface area contributed by atoms with Gasteiger partial charge in [0.05, 0.1) is 12.1 Å². The summed E-state index contributed by atoms with van der Waals surface area (Å²) in [6.45, 7) is 4.53. The fourth-order valence-corrected chi connectivity index (χ4v) is 2.23. The van der Waals surface area contributed by atoms with Crippen molar-refractivity contribution in [1.82, 2.24) is 14.5 Å². The fourth-order valence-electron chi connectivity index (χ4n) is 1.55. The lowest BCUT2D eigenvalue weighted by molar-refractivity contribution is -0.137. The molecule has 1 N–H and O–H groups in total. The minimum absolute atomic E-state index is 0.0467. The van der Waals surface area contributed by atoms with Crippen LogP contribution in [0, 0.1) is 0 Å². The van der Waals surface area contributed by atoms with Crippen molar-refractivity contribution in [1.29, 1.82) is 0 Å². The van der Waals surface area contributed by atoms with Crippen molar-refractivity contribution in [3.8, 4) is 0 Å². The summed E-state index contributed by atoms with van der Waals surface area (Å²) in [5.74, 6) is -1.07. The lowest BCUT2D eigenvalue weighted by Crippen LogP contribution is -2.32. The number of rotatable bonds is 7. The van der Waals surface area contributed by atoms with Crippen molar-refractivity contribution in [3.05, 3.63) is 10.6 Å². The zero-order chi connectivity index (χ0) is 13.5. The van der Waals surface area contributed by atoms with E-state index in [1.807, 2.05) is 13.8 Å². The lowest BCUT2D eigenvalue weighted by Gasteiger charge is -2.19. The molecule has 0 aliphatic rings. The molecule has 0 saturated heterocycles. The van der Waals surface area contributed by atoms with Crippen LogP contribution in [0.1, 0.15) is 42.1 Å². The maximum absolute atomic E-state index is 12.2. The second-order valence-corrected chi connectivity index (χ2v) is 4.58. The molecule has 0 fully saturated rings. The minimum Gasteiger partial charge on any atom is -0.481 e. The summed E-state index contributed by atoms with van der Waals surface area (Å²) in [5, 5.41) is 12.6. The van der Waals surface area contributed by atoms with Gasteiger partial charge in [-0.15, -0.1) is 5.10 Å². The summed E-state index contributed by atoms with van der Waals surface area (Å²) >= 11 is 1.08. The van der Waals surface area contributed by atoms with Crippen LogP contribution in [0.5, 0.6) is 0 Å². The molecule has 7 heteroatoms. The third-order valence-corrected chi connectivity index (χ3v) is 3.26. The van der Waals surface area contributed by atoms with Crippen LogP contribution in [0.15, 0.2) is 0 Å². The molecule has 0 aliphatic heterocycles. The van der Waals surface area contributed by atoms with Gasteiger partial charge in [0.1, 0.15) is 4.88 Å². The van der Waals surface area contributed by atoms with E-state index in [4.69, 9.17) is 5.11 Å². The molecule has 0 radical (unpaired) electrons. The first kappa shape index (κ1) is 14.6. The van der Waals surface area contributed by atoms with E-state index in [1.54, 1.807) is 0 Å². The first-order valence-electron chi connectivity index (χ1n) is 5.92. The average molecular weight is 271 g/mol. The minimum atomic E-state index is -0.905. The molecule has 1 aromatic rings. The zero-order valence-corrected chi connectivity index (χ0v) is 11.4. The van der Waals surface area contributed by atoms with Crippen molar-refractivity contribution in [2.45, 2.75) is 33.1 Å². The van der Waals surface area contributed by atoms with Gasteiger partial charge in [-0.2, -0.15) is 0 Å². The average Bonchev–Trinajstić information content (AvgIpc) is 2.78. The second kappa shape index (κ2) is 7.05. The summed E-state index contributed by atoms with van der Waals surface area (Å²) in [5.41, 5.74) is 0.710. The number of aliphatic carboxylic acids is 1. The van der Waals surface area contributed by atoms with E-state index in [0.717, 1.165) is 18.0 Å². The number of carbonyl (C=O) groups is 2. The normalized spacial score (nSPS) is 10.3. The Morgan fingerprint density at radius 3 is 2.67 bits per heavy atom. The number of aryl methyl sites for hydroxylation is 1. The summed E-state index contributed by atoms with van der Waals surface area (Å²) in [6.07, 6.45) is 1.57. The van der Waals surface area contributed by atoms with E-state index >= 15 is 0 Å². The molecule has 0 spiro atoms. The number of carboxylic acid groups (broad SMARTS) is 1. The number of hydrogen-bond donors (Lipinski definition) is 1. The predicted octanol–water partition coefficient (Wildman–Crippen LogP) is 1.43. The van der Waals surface area contributed by atoms with Crippen molar-refractivity contribution in [2.75, 3.05) is 13.1 Å². The van der Waals surface area contributed by atoms with Gasteiger partial charge in [0.25, 0.3) is 5.91 Å². The van der Waals surface area contributed by atoms with Crippen LogP contribution < -0.4 is 0 Å². The van der Waals surface area contributed by atoms with E-state index in [2.05, 4.69) is 9.59 Å². The Balaban J connectivity index is 2.76. The Labute approximate surface area is 110 Å².